The van der Waals surface area contributed by atoms with E-state index in [0.29, 0.717) is 6.54 Å². The zero-order chi connectivity index (χ0) is 12.1. The summed E-state index contributed by atoms with van der Waals surface area (Å²) in [6, 6.07) is 3.89. The molecule has 0 radical (unpaired) electrons. The summed E-state index contributed by atoms with van der Waals surface area (Å²) in [7, 11) is 1.86. The number of rotatable bonds is 3. The molecule has 0 aromatic carbocycles. The third-order valence-corrected chi connectivity index (χ3v) is 3.15. The van der Waals surface area contributed by atoms with Crippen LogP contribution in [0.3, 0.4) is 0 Å². The lowest BCUT2D eigenvalue weighted by Gasteiger charge is -2.27. The van der Waals surface area contributed by atoms with E-state index in [1.165, 1.54) is 6.42 Å². The topological polar surface area (TPSA) is 45.2 Å². The Kier molecular flexibility index (Phi) is 4.09. The second kappa shape index (κ2) is 5.77. The van der Waals surface area contributed by atoms with Crippen molar-refractivity contribution in [3.63, 3.8) is 0 Å². The molecule has 1 amide bonds. The summed E-state index contributed by atoms with van der Waals surface area (Å²) < 4.78 is 0. The number of nitrogens with zero attached hydrogens (tertiary/aromatic N) is 2. The molecule has 92 valence electrons. The third kappa shape index (κ3) is 3.27. The highest BCUT2D eigenvalue weighted by molar-refractivity contribution is 5.81. The summed E-state index contributed by atoms with van der Waals surface area (Å²) >= 11 is 0. The molecule has 2 heterocycles. The van der Waals surface area contributed by atoms with Gasteiger partial charge in [-0.05, 0) is 37.1 Å². The van der Waals surface area contributed by atoms with Crippen LogP contribution in [0.1, 0.15) is 24.8 Å². The van der Waals surface area contributed by atoms with Crippen molar-refractivity contribution < 1.29 is 4.79 Å². The molecule has 4 heteroatoms. The first-order valence-corrected chi connectivity index (χ1v) is 6.14. The molecule has 1 aromatic rings. The van der Waals surface area contributed by atoms with Crippen molar-refractivity contribution in [3.8, 4) is 0 Å². The van der Waals surface area contributed by atoms with Crippen LogP contribution in [0.15, 0.2) is 24.5 Å². The fourth-order valence-corrected chi connectivity index (χ4v) is 2.17. The minimum absolute atomic E-state index is 0.00980. The van der Waals surface area contributed by atoms with Crippen LogP contribution >= 0.6 is 0 Å². The molecule has 1 saturated heterocycles. The Hall–Kier alpha value is -1.42. The van der Waals surface area contributed by atoms with Crippen molar-refractivity contribution in [1.29, 1.82) is 0 Å². The number of likely N-dealkylation sites (N-methyl/N-ethyl adjacent to an activating group) is 1. The van der Waals surface area contributed by atoms with Crippen LogP contribution in [-0.4, -0.2) is 35.4 Å². The van der Waals surface area contributed by atoms with E-state index >= 15 is 0 Å². The number of pyridine rings is 1. The highest BCUT2D eigenvalue weighted by Crippen LogP contribution is 2.10. The summed E-state index contributed by atoms with van der Waals surface area (Å²) in [5.41, 5.74) is 1.12. The lowest BCUT2D eigenvalue weighted by atomic mass is 10.0. The Morgan fingerprint density at radius 3 is 2.88 bits per heavy atom. The number of piperidine rings is 1. The van der Waals surface area contributed by atoms with Crippen LogP contribution in [-0.2, 0) is 11.3 Å². The monoisotopic (exact) mass is 233 g/mol. The molecular weight excluding hydrogens is 214 g/mol. The van der Waals surface area contributed by atoms with Gasteiger partial charge in [0.25, 0.3) is 0 Å². The maximum absolute atomic E-state index is 12.2. The smallest absolute Gasteiger partial charge is 0.239 e. The molecule has 4 nitrogen and oxygen atoms in total. The number of carbonyl (C=O) groups is 1. The molecule has 0 bridgehead atoms. The first kappa shape index (κ1) is 12.0. The zero-order valence-corrected chi connectivity index (χ0v) is 10.2. The Balaban J connectivity index is 1.90. The predicted octanol–water partition coefficient (Wildman–Crippen LogP) is 1.18. The van der Waals surface area contributed by atoms with Gasteiger partial charge in [-0.15, -0.1) is 0 Å². The number of hydrogen-bond donors (Lipinski definition) is 1. The quantitative estimate of drug-likeness (QED) is 0.852. The van der Waals surface area contributed by atoms with Crippen molar-refractivity contribution >= 4 is 5.91 Å². The Bertz CT molecular complexity index is 360. The van der Waals surface area contributed by atoms with Gasteiger partial charge >= 0.3 is 0 Å². The fraction of sp³-hybridized carbons (Fsp3) is 0.538. The van der Waals surface area contributed by atoms with Gasteiger partial charge in [0.05, 0.1) is 6.04 Å². The van der Waals surface area contributed by atoms with E-state index in [9.17, 15) is 4.79 Å². The number of aromatic nitrogens is 1. The van der Waals surface area contributed by atoms with Crippen LogP contribution in [0.4, 0.5) is 0 Å². The van der Waals surface area contributed by atoms with Crippen molar-refractivity contribution in [1.82, 2.24) is 15.2 Å². The predicted molar refractivity (Wildman–Crippen MR) is 66.4 cm³/mol. The molecule has 0 spiro atoms. The average molecular weight is 233 g/mol. The van der Waals surface area contributed by atoms with Gasteiger partial charge in [0.2, 0.25) is 5.91 Å². The molecule has 1 N–H and O–H groups in total. The summed E-state index contributed by atoms with van der Waals surface area (Å²) in [4.78, 5) is 17.9. The molecule has 1 aromatic heterocycles. The fourth-order valence-electron chi connectivity index (χ4n) is 2.17. The number of hydrogen-bond acceptors (Lipinski definition) is 3. The van der Waals surface area contributed by atoms with E-state index in [2.05, 4.69) is 10.3 Å². The molecule has 0 aliphatic carbocycles. The van der Waals surface area contributed by atoms with E-state index < -0.39 is 0 Å². The summed E-state index contributed by atoms with van der Waals surface area (Å²) in [5, 5.41) is 3.28. The number of carbonyl (C=O) groups excluding carboxylic acids is 1. The number of nitrogens with one attached hydrogen (secondary N) is 1. The third-order valence-electron chi connectivity index (χ3n) is 3.15. The Morgan fingerprint density at radius 2 is 2.24 bits per heavy atom. The maximum atomic E-state index is 12.2. The molecule has 17 heavy (non-hydrogen) atoms. The Morgan fingerprint density at radius 1 is 1.47 bits per heavy atom. The van der Waals surface area contributed by atoms with E-state index in [-0.39, 0.29) is 11.9 Å². The average Bonchev–Trinajstić information content (AvgIpc) is 2.40. The molecule has 2 rings (SSSR count). The van der Waals surface area contributed by atoms with Crippen molar-refractivity contribution in [2.45, 2.75) is 31.8 Å². The van der Waals surface area contributed by atoms with E-state index in [4.69, 9.17) is 0 Å². The number of amides is 1. The van der Waals surface area contributed by atoms with Crippen LogP contribution in [0.5, 0.6) is 0 Å². The van der Waals surface area contributed by atoms with Gasteiger partial charge in [-0.1, -0.05) is 6.42 Å². The molecule has 1 aliphatic rings. The lowest BCUT2D eigenvalue weighted by molar-refractivity contribution is -0.133. The van der Waals surface area contributed by atoms with E-state index in [0.717, 1.165) is 24.9 Å². The highest BCUT2D eigenvalue weighted by Gasteiger charge is 2.23. The Labute approximate surface area is 102 Å². The molecule has 0 saturated carbocycles. The molecular formula is C13H19N3O. The van der Waals surface area contributed by atoms with Gasteiger partial charge < -0.3 is 10.2 Å². The van der Waals surface area contributed by atoms with Gasteiger partial charge in [0, 0.05) is 26.0 Å². The van der Waals surface area contributed by atoms with Crippen LogP contribution in [0, 0.1) is 0 Å². The normalized spacial score (nSPS) is 19.9. The van der Waals surface area contributed by atoms with Gasteiger partial charge in [0.15, 0.2) is 0 Å². The lowest BCUT2D eigenvalue weighted by Crippen LogP contribution is -2.46. The largest absolute Gasteiger partial charge is 0.340 e. The van der Waals surface area contributed by atoms with E-state index in [1.54, 1.807) is 17.3 Å². The molecule has 1 fully saturated rings. The van der Waals surface area contributed by atoms with Gasteiger partial charge in [-0.3, -0.25) is 9.78 Å². The van der Waals surface area contributed by atoms with Crippen molar-refractivity contribution in [2.24, 2.45) is 0 Å². The molecule has 1 aliphatic heterocycles. The van der Waals surface area contributed by atoms with Crippen LogP contribution in [0.2, 0.25) is 0 Å². The SMILES string of the molecule is CN(Cc1ccncc1)C(=O)C1CCCCN1. The molecule has 1 unspecified atom stereocenters. The zero-order valence-electron chi connectivity index (χ0n) is 10.2. The minimum atomic E-state index is 0.00980. The summed E-state index contributed by atoms with van der Waals surface area (Å²) in [5.74, 6) is 0.196. The minimum Gasteiger partial charge on any atom is -0.340 e. The maximum Gasteiger partial charge on any atom is 0.239 e. The second-order valence-corrected chi connectivity index (χ2v) is 4.55. The van der Waals surface area contributed by atoms with E-state index in [1.807, 2.05) is 19.2 Å². The molecule has 1 atom stereocenters. The summed E-state index contributed by atoms with van der Waals surface area (Å²) in [6.07, 6.45) is 6.79. The van der Waals surface area contributed by atoms with Gasteiger partial charge in [-0.25, -0.2) is 0 Å². The standard InChI is InChI=1S/C13H19N3O/c1-16(10-11-5-8-14-9-6-11)13(17)12-4-2-3-7-15-12/h5-6,8-9,12,15H,2-4,7,10H2,1H3. The second-order valence-electron chi connectivity index (χ2n) is 4.55. The van der Waals surface area contributed by atoms with Crippen LogP contribution < -0.4 is 5.32 Å². The highest BCUT2D eigenvalue weighted by atomic mass is 16.2. The summed E-state index contributed by atoms with van der Waals surface area (Å²) in [6.45, 7) is 1.61. The first-order chi connectivity index (χ1) is 8.27. The van der Waals surface area contributed by atoms with Crippen LogP contribution in [0.25, 0.3) is 0 Å². The first-order valence-electron chi connectivity index (χ1n) is 6.14. The van der Waals surface area contributed by atoms with Crippen molar-refractivity contribution in [3.05, 3.63) is 30.1 Å². The van der Waals surface area contributed by atoms with Gasteiger partial charge in [0.1, 0.15) is 0 Å². The van der Waals surface area contributed by atoms with Crippen molar-refractivity contribution in [2.75, 3.05) is 13.6 Å². The van der Waals surface area contributed by atoms with Gasteiger partial charge in [-0.2, -0.15) is 0 Å².